The van der Waals surface area contributed by atoms with E-state index in [2.05, 4.69) is 27.5 Å². The molecule has 0 bridgehead atoms. The van der Waals surface area contributed by atoms with Crippen molar-refractivity contribution in [2.75, 3.05) is 5.32 Å². The van der Waals surface area contributed by atoms with Crippen LogP contribution in [-0.2, 0) is 0 Å². The second kappa shape index (κ2) is 8.58. The van der Waals surface area contributed by atoms with Crippen LogP contribution >= 0.6 is 23.8 Å². The number of halogens is 1. The van der Waals surface area contributed by atoms with E-state index < -0.39 is 0 Å². The number of hydrogen-bond donors (Lipinski definition) is 3. The number of aromatic nitrogens is 2. The predicted octanol–water partition coefficient (Wildman–Crippen LogP) is 5.20. The Kier molecular flexibility index (Phi) is 5.88. The highest BCUT2D eigenvalue weighted by Gasteiger charge is 2.22. The highest BCUT2D eigenvalue weighted by atomic mass is 35.5. The van der Waals surface area contributed by atoms with E-state index >= 15 is 0 Å². The quantitative estimate of drug-likeness (QED) is 0.364. The van der Waals surface area contributed by atoms with E-state index in [9.17, 15) is 4.79 Å². The lowest BCUT2D eigenvalue weighted by Gasteiger charge is -2.12. The van der Waals surface area contributed by atoms with Gasteiger partial charge in [-0.3, -0.25) is 9.78 Å². The standard InChI is InChI=1S/C23H23ClN4OS/c1-13-11-20(28-21(13)22(29)15-3-5-16(24)6-4-15)14(2)19-10-9-18(12-25-19)27-23(30)26-17-7-8-17/h3-6,9-12,14,17,28H,7-8H2,1-2H3,(H2,26,27,30). The van der Waals surface area contributed by atoms with E-state index in [0.717, 1.165) is 22.6 Å². The van der Waals surface area contributed by atoms with Crippen LogP contribution in [0.5, 0.6) is 0 Å². The molecule has 1 aliphatic rings. The maximum Gasteiger partial charge on any atom is 0.209 e. The topological polar surface area (TPSA) is 69.8 Å². The van der Waals surface area contributed by atoms with Crippen molar-refractivity contribution in [3.05, 3.63) is 81.9 Å². The summed E-state index contributed by atoms with van der Waals surface area (Å²) in [6, 6.07) is 13.4. The Balaban J connectivity index is 1.47. The number of hydrogen-bond acceptors (Lipinski definition) is 3. The van der Waals surface area contributed by atoms with Crippen LogP contribution in [-0.4, -0.2) is 26.9 Å². The lowest BCUT2D eigenvalue weighted by atomic mass is 10.0. The molecule has 0 spiro atoms. The van der Waals surface area contributed by atoms with Gasteiger partial charge in [0.05, 0.1) is 17.6 Å². The maximum absolute atomic E-state index is 12.9. The van der Waals surface area contributed by atoms with E-state index in [1.165, 1.54) is 12.8 Å². The molecule has 0 aliphatic heterocycles. The number of aryl methyl sites for hydroxylation is 1. The second-order valence-electron chi connectivity index (χ2n) is 7.68. The molecule has 7 heteroatoms. The van der Waals surface area contributed by atoms with Crippen LogP contribution in [0, 0.1) is 6.92 Å². The van der Waals surface area contributed by atoms with Crippen LogP contribution in [0.25, 0.3) is 0 Å². The van der Waals surface area contributed by atoms with E-state index in [0.29, 0.717) is 27.4 Å². The molecule has 1 aliphatic carbocycles. The Morgan fingerprint density at radius 1 is 1.23 bits per heavy atom. The number of ketones is 1. The number of aromatic amines is 1. The van der Waals surface area contributed by atoms with Gasteiger partial charge in [0.2, 0.25) is 5.78 Å². The van der Waals surface area contributed by atoms with E-state index in [1.807, 2.05) is 25.1 Å². The number of benzene rings is 1. The summed E-state index contributed by atoms with van der Waals surface area (Å²) in [5.41, 5.74) is 4.82. The van der Waals surface area contributed by atoms with E-state index in [-0.39, 0.29) is 11.7 Å². The number of nitrogens with zero attached hydrogens (tertiary/aromatic N) is 1. The van der Waals surface area contributed by atoms with Gasteiger partial charge < -0.3 is 15.6 Å². The molecule has 0 saturated heterocycles. The van der Waals surface area contributed by atoms with Crippen LogP contribution in [0.15, 0.2) is 48.7 Å². The fourth-order valence-corrected chi connectivity index (χ4v) is 3.68. The molecule has 3 N–H and O–H groups in total. The van der Waals surface area contributed by atoms with Gasteiger partial charge in [0.1, 0.15) is 0 Å². The van der Waals surface area contributed by atoms with Crippen LogP contribution < -0.4 is 10.6 Å². The van der Waals surface area contributed by atoms with E-state index in [4.69, 9.17) is 23.8 Å². The summed E-state index contributed by atoms with van der Waals surface area (Å²) < 4.78 is 0. The van der Waals surface area contributed by atoms with E-state index in [1.54, 1.807) is 30.5 Å². The highest BCUT2D eigenvalue weighted by Crippen LogP contribution is 2.26. The minimum Gasteiger partial charge on any atom is -0.360 e. The van der Waals surface area contributed by atoms with Gasteiger partial charge in [0.15, 0.2) is 5.11 Å². The molecular weight excluding hydrogens is 416 g/mol. The highest BCUT2D eigenvalue weighted by molar-refractivity contribution is 7.80. The molecule has 1 unspecified atom stereocenters. The first-order valence-electron chi connectivity index (χ1n) is 9.94. The Morgan fingerprint density at radius 2 is 1.97 bits per heavy atom. The number of anilines is 1. The number of rotatable bonds is 6. The minimum atomic E-state index is -0.0493. The molecule has 5 nitrogen and oxygen atoms in total. The first-order chi connectivity index (χ1) is 14.4. The van der Waals surface area contributed by atoms with Crippen LogP contribution in [0.3, 0.4) is 0 Å². The lowest BCUT2D eigenvalue weighted by Crippen LogP contribution is -2.30. The van der Waals surface area contributed by atoms with Crippen molar-refractivity contribution >= 4 is 40.4 Å². The van der Waals surface area contributed by atoms with Crippen molar-refractivity contribution in [1.29, 1.82) is 0 Å². The predicted molar refractivity (Wildman–Crippen MR) is 125 cm³/mol. The van der Waals surface area contributed by atoms with Gasteiger partial charge in [-0.1, -0.05) is 18.5 Å². The number of nitrogens with one attached hydrogen (secondary N) is 3. The molecule has 1 atom stereocenters. The average Bonchev–Trinajstić information content (AvgIpc) is 3.46. The van der Waals surface area contributed by atoms with Gasteiger partial charge in [-0.15, -0.1) is 0 Å². The van der Waals surface area contributed by atoms with Gasteiger partial charge in [0.25, 0.3) is 0 Å². The summed E-state index contributed by atoms with van der Waals surface area (Å²) in [7, 11) is 0. The van der Waals surface area contributed by atoms with Gasteiger partial charge >= 0.3 is 0 Å². The van der Waals surface area contributed by atoms with Gasteiger partial charge in [-0.25, -0.2) is 0 Å². The Bertz CT molecular complexity index is 1070. The normalized spacial score (nSPS) is 14.2. The number of pyridine rings is 1. The number of carbonyl (C=O) groups is 1. The summed E-state index contributed by atoms with van der Waals surface area (Å²) >= 11 is 11.2. The smallest absolute Gasteiger partial charge is 0.209 e. The molecule has 1 saturated carbocycles. The Labute approximate surface area is 186 Å². The van der Waals surface area contributed by atoms with Crippen molar-refractivity contribution in [3.8, 4) is 0 Å². The molecule has 1 aromatic carbocycles. The molecule has 0 amide bonds. The Morgan fingerprint density at radius 3 is 2.60 bits per heavy atom. The molecule has 3 aromatic rings. The van der Waals surface area contributed by atoms with Gasteiger partial charge in [0, 0.05) is 33.9 Å². The van der Waals surface area contributed by atoms with Crippen molar-refractivity contribution in [2.45, 2.75) is 38.6 Å². The molecule has 1 fully saturated rings. The minimum absolute atomic E-state index is 0.0149. The van der Waals surface area contributed by atoms with Crippen molar-refractivity contribution in [1.82, 2.24) is 15.3 Å². The molecule has 30 heavy (non-hydrogen) atoms. The second-order valence-corrected chi connectivity index (χ2v) is 8.53. The fourth-order valence-electron chi connectivity index (χ4n) is 3.27. The third-order valence-electron chi connectivity index (χ3n) is 5.24. The zero-order valence-corrected chi connectivity index (χ0v) is 18.4. The summed E-state index contributed by atoms with van der Waals surface area (Å²) in [4.78, 5) is 20.7. The number of thiocarbonyl (C=S) groups is 1. The SMILES string of the molecule is Cc1cc(C(C)c2ccc(NC(=S)NC3CC3)cn2)[nH]c1C(=O)c1ccc(Cl)cc1. The van der Waals surface area contributed by atoms with Crippen molar-refractivity contribution < 1.29 is 4.79 Å². The summed E-state index contributed by atoms with van der Waals surface area (Å²) in [5.74, 6) is -0.0344. The summed E-state index contributed by atoms with van der Waals surface area (Å²) in [6.45, 7) is 4.00. The third kappa shape index (κ3) is 4.71. The zero-order valence-electron chi connectivity index (χ0n) is 16.8. The average molecular weight is 439 g/mol. The molecule has 0 radical (unpaired) electrons. The zero-order chi connectivity index (χ0) is 21.3. The first kappa shape index (κ1) is 20.6. The summed E-state index contributed by atoms with van der Waals surface area (Å²) in [6.07, 6.45) is 4.13. The largest absolute Gasteiger partial charge is 0.360 e. The molecule has 2 heterocycles. The van der Waals surface area contributed by atoms with Crippen LogP contribution in [0.2, 0.25) is 5.02 Å². The van der Waals surface area contributed by atoms with Crippen LogP contribution in [0.4, 0.5) is 5.69 Å². The lowest BCUT2D eigenvalue weighted by molar-refractivity contribution is 0.103. The molecule has 154 valence electrons. The monoisotopic (exact) mass is 438 g/mol. The number of carbonyl (C=O) groups excluding carboxylic acids is 1. The van der Waals surface area contributed by atoms with Crippen LogP contribution in [0.1, 0.15) is 58.7 Å². The van der Waals surface area contributed by atoms with Gasteiger partial charge in [-0.2, -0.15) is 0 Å². The fraction of sp³-hybridized carbons (Fsp3) is 0.261. The van der Waals surface area contributed by atoms with Crippen molar-refractivity contribution in [3.63, 3.8) is 0 Å². The molecule has 2 aromatic heterocycles. The summed E-state index contributed by atoms with van der Waals surface area (Å²) in [5, 5.41) is 7.65. The Hall–Kier alpha value is -2.70. The first-order valence-corrected chi connectivity index (χ1v) is 10.7. The number of H-pyrrole nitrogens is 1. The van der Waals surface area contributed by atoms with Crippen molar-refractivity contribution in [2.24, 2.45) is 0 Å². The maximum atomic E-state index is 12.9. The molecular formula is C23H23ClN4OS. The van der Waals surface area contributed by atoms with Gasteiger partial charge in [-0.05, 0) is 80.0 Å². The third-order valence-corrected chi connectivity index (χ3v) is 5.71. The molecule has 4 rings (SSSR count).